The minimum Gasteiger partial charge on any atom is -0.310 e. The largest absolute Gasteiger partial charge is 0.310 e. The molecule has 0 saturated carbocycles. The first kappa shape index (κ1) is 7.03. The van der Waals surface area contributed by atoms with Crippen molar-refractivity contribution in [1.29, 1.82) is 0 Å². The average Bonchev–Trinajstić information content (AvgIpc) is 2.43. The molecule has 1 N–H and O–H groups in total. The Morgan fingerprint density at radius 2 is 2.50 bits per heavy atom. The lowest BCUT2D eigenvalue weighted by atomic mass is 10.1. The van der Waals surface area contributed by atoms with E-state index in [-0.39, 0.29) is 5.91 Å². The van der Waals surface area contributed by atoms with Gasteiger partial charge in [0.25, 0.3) is 0 Å². The predicted molar refractivity (Wildman–Crippen MR) is 46.7 cm³/mol. The van der Waals surface area contributed by atoms with Gasteiger partial charge in [-0.3, -0.25) is 4.79 Å². The van der Waals surface area contributed by atoms with Crippen LogP contribution < -0.4 is 5.32 Å². The zero-order valence-corrected chi connectivity index (χ0v) is 6.50. The highest BCUT2D eigenvalue weighted by Crippen LogP contribution is 2.20. The number of carbonyl (C=O) groups is 1. The average molecular weight is 160 g/mol. The van der Waals surface area contributed by atoms with E-state index >= 15 is 0 Å². The van der Waals surface area contributed by atoms with E-state index in [9.17, 15) is 4.79 Å². The second-order valence-corrected chi connectivity index (χ2v) is 2.71. The second-order valence-electron chi connectivity index (χ2n) is 2.71. The van der Waals surface area contributed by atoms with Crippen molar-refractivity contribution in [2.45, 2.75) is 6.42 Å². The minimum atomic E-state index is 0.0127. The van der Waals surface area contributed by atoms with Crippen molar-refractivity contribution in [3.8, 4) is 0 Å². The molecule has 0 fully saturated rings. The van der Waals surface area contributed by atoms with Crippen LogP contribution in [-0.2, 0) is 11.2 Å². The van der Waals surface area contributed by atoms with Gasteiger partial charge in [0.2, 0.25) is 5.91 Å². The van der Waals surface area contributed by atoms with E-state index in [0.29, 0.717) is 12.2 Å². The summed E-state index contributed by atoms with van der Waals surface area (Å²) < 4.78 is 0. The number of hydrogen-bond acceptors (Lipinski definition) is 2. The molecule has 12 heavy (non-hydrogen) atoms. The van der Waals surface area contributed by atoms with Crippen molar-refractivity contribution < 1.29 is 4.79 Å². The van der Waals surface area contributed by atoms with Gasteiger partial charge in [-0.05, 0) is 11.6 Å². The first-order chi connectivity index (χ1) is 5.79. The summed E-state index contributed by atoms with van der Waals surface area (Å²) in [7, 11) is 0. The number of hydrogen-bond donors (Lipinski definition) is 1. The van der Waals surface area contributed by atoms with Crippen LogP contribution in [0.3, 0.4) is 0 Å². The van der Waals surface area contributed by atoms with Crippen LogP contribution in [0.2, 0.25) is 0 Å². The van der Waals surface area contributed by atoms with Crippen LogP contribution >= 0.6 is 0 Å². The van der Waals surface area contributed by atoms with E-state index in [1.165, 1.54) is 0 Å². The molecule has 0 aromatic carbocycles. The molecule has 60 valence electrons. The zero-order chi connectivity index (χ0) is 8.55. The molecule has 0 aliphatic carbocycles. The number of fused-ring (bicyclic) bond motifs is 1. The summed E-state index contributed by atoms with van der Waals surface area (Å²) in [5.41, 5.74) is 1.91. The SMILES string of the molecule is C=Cc1cnc2c(c1)CC(=O)N2. The summed E-state index contributed by atoms with van der Waals surface area (Å²) in [5.74, 6) is 0.698. The molecule has 0 spiro atoms. The Labute approximate surface area is 70.1 Å². The van der Waals surface area contributed by atoms with E-state index in [2.05, 4.69) is 16.9 Å². The number of pyridine rings is 1. The van der Waals surface area contributed by atoms with Gasteiger partial charge < -0.3 is 5.32 Å². The van der Waals surface area contributed by atoms with Crippen LogP contribution in [0.5, 0.6) is 0 Å². The van der Waals surface area contributed by atoms with Crippen molar-refractivity contribution in [3.63, 3.8) is 0 Å². The molecule has 0 radical (unpaired) electrons. The van der Waals surface area contributed by atoms with Gasteiger partial charge in [-0.1, -0.05) is 12.7 Å². The molecule has 1 aliphatic rings. The maximum atomic E-state index is 10.9. The highest BCUT2D eigenvalue weighted by Gasteiger charge is 2.18. The van der Waals surface area contributed by atoms with Gasteiger partial charge in [0, 0.05) is 11.8 Å². The van der Waals surface area contributed by atoms with Gasteiger partial charge in [-0.15, -0.1) is 0 Å². The first-order valence-corrected chi connectivity index (χ1v) is 3.71. The molecule has 0 atom stereocenters. The number of amides is 1. The number of nitrogens with zero attached hydrogens (tertiary/aromatic N) is 1. The van der Waals surface area contributed by atoms with E-state index in [0.717, 1.165) is 11.1 Å². The number of carbonyl (C=O) groups excluding carboxylic acids is 1. The summed E-state index contributed by atoms with van der Waals surface area (Å²) in [6.45, 7) is 3.63. The molecule has 2 heterocycles. The maximum Gasteiger partial charge on any atom is 0.230 e. The molecule has 1 aliphatic heterocycles. The number of nitrogens with one attached hydrogen (secondary N) is 1. The van der Waals surface area contributed by atoms with E-state index in [1.54, 1.807) is 12.3 Å². The van der Waals surface area contributed by atoms with Crippen LogP contribution in [0.4, 0.5) is 5.82 Å². The van der Waals surface area contributed by atoms with Crippen LogP contribution in [0.1, 0.15) is 11.1 Å². The quantitative estimate of drug-likeness (QED) is 0.671. The molecule has 1 amide bonds. The Kier molecular flexibility index (Phi) is 1.43. The summed E-state index contributed by atoms with van der Waals surface area (Å²) in [6.07, 6.45) is 3.84. The van der Waals surface area contributed by atoms with Gasteiger partial charge in [0.05, 0.1) is 6.42 Å². The monoisotopic (exact) mass is 160 g/mol. The molecule has 3 heteroatoms. The minimum absolute atomic E-state index is 0.0127. The molecule has 3 nitrogen and oxygen atoms in total. The van der Waals surface area contributed by atoms with Crippen LogP contribution in [0, 0.1) is 0 Å². The van der Waals surface area contributed by atoms with Crippen LogP contribution in [0.15, 0.2) is 18.8 Å². The summed E-state index contributed by atoms with van der Waals surface area (Å²) in [6, 6.07) is 1.92. The molecule has 2 rings (SSSR count). The normalized spacial score (nSPS) is 13.8. The predicted octanol–water partition coefficient (Wildman–Crippen LogP) is 1.22. The molecule has 1 aromatic heterocycles. The zero-order valence-electron chi connectivity index (χ0n) is 6.50. The van der Waals surface area contributed by atoms with Gasteiger partial charge in [-0.25, -0.2) is 4.98 Å². The Morgan fingerprint density at radius 1 is 1.67 bits per heavy atom. The second kappa shape index (κ2) is 2.44. The Balaban J connectivity index is 2.48. The van der Waals surface area contributed by atoms with Gasteiger partial charge >= 0.3 is 0 Å². The number of aromatic nitrogens is 1. The highest BCUT2D eigenvalue weighted by atomic mass is 16.1. The Morgan fingerprint density at radius 3 is 3.25 bits per heavy atom. The third kappa shape index (κ3) is 0.993. The van der Waals surface area contributed by atoms with Gasteiger partial charge in [0.1, 0.15) is 5.82 Å². The van der Waals surface area contributed by atoms with Gasteiger partial charge in [-0.2, -0.15) is 0 Å². The highest BCUT2D eigenvalue weighted by molar-refractivity contribution is 5.97. The van der Waals surface area contributed by atoms with Crippen molar-refractivity contribution in [2.24, 2.45) is 0 Å². The summed E-state index contributed by atoms with van der Waals surface area (Å²) in [4.78, 5) is 15.0. The first-order valence-electron chi connectivity index (χ1n) is 3.71. The van der Waals surface area contributed by atoms with Crippen molar-refractivity contribution in [2.75, 3.05) is 5.32 Å². The third-order valence-corrected chi connectivity index (χ3v) is 1.83. The smallest absolute Gasteiger partial charge is 0.230 e. The fourth-order valence-corrected chi connectivity index (χ4v) is 1.24. The lowest BCUT2D eigenvalue weighted by Crippen LogP contribution is -2.04. The molecular weight excluding hydrogens is 152 g/mol. The Hall–Kier alpha value is -1.64. The van der Waals surface area contributed by atoms with Crippen molar-refractivity contribution in [1.82, 2.24) is 4.98 Å². The molecular formula is C9H8N2O. The summed E-state index contributed by atoms with van der Waals surface area (Å²) in [5, 5.41) is 2.66. The summed E-state index contributed by atoms with van der Waals surface area (Å²) >= 11 is 0. The van der Waals surface area contributed by atoms with Crippen LogP contribution in [-0.4, -0.2) is 10.9 Å². The number of rotatable bonds is 1. The maximum absolute atomic E-state index is 10.9. The molecule has 0 bridgehead atoms. The standard InChI is InChI=1S/C9H8N2O/c1-2-6-3-7-4-8(12)11-9(7)10-5-6/h2-3,5H,1,4H2,(H,10,11,12). The lowest BCUT2D eigenvalue weighted by Gasteiger charge is -1.97. The Bertz CT molecular complexity index is 358. The molecule has 0 saturated heterocycles. The fraction of sp³-hybridized carbons (Fsp3) is 0.111. The van der Waals surface area contributed by atoms with Crippen LogP contribution in [0.25, 0.3) is 6.08 Å². The van der Waals surface area contributed by atoms with Crippen molar-refractivity contribution in [3.05, 3.63) is 30.0 Å². The van der Waals surface area contributed by atoms with Crippen molar-refractivity contribution >= 4 is 17.8 Å². The third-order valence-electron chi connectivity index (χ3n) is 1.83. The molecule has 1 aromatic rings. The molecule has 0 unspecified atom stereocenters. The van der Waals surface area contributed by atoms with E-state index in [4.69, 9.17) is 0 Å². The topological polar surface area (TPSA) is 42.0 Å². The van der Waals surface area contributed by atoms with Gasteiger partial charge in [0.15, 0.2) is 0 Å². The fourth-order valence-electron chi connectivity index (χ4n) is 1.24. The van der Waals surface area contributed by atoms with E-state index < -0.39 is 0 Å². The number of anilines is 1. The van der Waals surface area contributed by atoms with E-state index in [1.807, 2.05) is 6.07 Å². The lowest BCUT2D eigenvalue weighted by molar-refractivity contribution is -0.115.